The molecule has 0 atom stereocenters. The number of rotatable bonds is 9. The molecular formula is C20H27N3O2. The standard InChI is InChI=1S/C20H27N3O2/c1-4-23(5-2)17-13-11-16(12-14-17)21-15-20(24)22-18-9-7-8-10-19(18)25-6-3/h7-14,21H,4-6,15H2,1-3H3,(H,22,24). The van der Waals surface area contributed by atoms with Gasteiger partial charge in [-0.3, -0.25) is 4.79 Å². The Morgan fingerprint density at radius 1 is 1.00 bits per heavy atom. The molecule has 1 amide bonds. The lowest BCUT2D eigenvalue weighted by Crippen LogP contribution is -2.23. The van der Waals surface area contributed by atoms with E-state index in [1.165, 1.54) is 5.69 Å². The number of anilines is 3. The van der Waals surface area contributed by atoms with Crippen molar-refractivity contribution in [2.75, 3.05) is 41.8 Å². The van der Waals surface area contributed by atoms with Gasteiger partial charge in [-0.05, 0) is 57.2 Å². The molecule has 0 unspecified atom stereocenters. The molecule has 0 bridgehead atoms. The molecule has 2 aromatic rings. The van der Waals surface area contributed by atoms with Gasteiger partial charge in [0.1, 0.15) is 5.75 Å². The van der Waals surface area contributed by atoms with Gasteiger partial charge < -0.3 is 20.3 Å². The van der Waals surface area contributed by atoms with Crippen LogP contribution in [0.3, 0.4) is 0 Å². The van der Waals surface area contributed by atoms with Gasteiger partial charge in [-0.15, -0.1) is 0 Å². The van der Waals surface area contributed by atoms with Crippen molar-refractivity contribution in [2.24, 2.45) is 0 Å². The van der Waals surface area contributed by atoms with Crippen molar-refractivity contribution >= 4 is 23.0 Å². The average molecular weight is 341 g/mol. The van der Waals surface area contributed by atoms with Crippen LogP contribution in [0.15, 0.2) is 48.5 Å². The van der Waals surface area contributed by atoms with Crippen molar-refractivity contribution in [2.45, 2.75) is 20.8 Å². The van der Waals surface area contributed by atoms with Crippen LogP contribution in [0.2, 0.25) is 0 Å². The molecule has 2 aromatic carbocycles. The lowest BCUT2D eigenvalue weighted by molar-refractivity contribution is -0.114. The molecule has 0 aliphatic rings. The molecular weight excluding hydrogens is 314 g/mol. The van der Waals surface area contributed by atoms with Crippen LogP contribution >= 0.6 is 0 Å². The summed E-state index contributed by atoms with van der Waals surface area (Å²) in [4.78, 5) is 14.5. The summed E-state index contributed by atoms with van der Waals surface area (Å²) in [6.07, 6.45) is 0. The third kappa shape index (κ3) is 5.41. The zero-order valence-corrected chi connectivity index (χ0v) is 15.2. The Labute approximate surface area is 150 Å². The highest BCUT2D eigenvalue weighted by Gasteiger charge is 2.07. The second-order valence-corrected chi connectivity index (χ2v) is 5.55. The first-order valence-electron chi connectivity index (χ1n) is 8.78. The normalized spacial score (nSPS) is 10.2. The van der Waals surface area contributed by atoms with Crippen LogP contribution in [0.5, 0.6) is 5.75 Å². The van der Waals surface area contributed by atoms with Crippen molar-refractivity contribution in [3.8, 4) is 5.75 Å². The summed E-state index contributed by atoms with van der Waals surface area (Å²) in [5.74, 6) is 0.571. The van der Waals surface area contributed by atoms with Crippen LogP contribution in [0, 0.1) is 0 Å². The second-order valence-electron chi connectivity index (χ2n) is 5.55. The Hall–Kier alpha value is -2.69. The molecule has 0 aliphatic heterocycles. The summed E-state index contributed by atoms with van der Waals surface area (Å²) >= 11 is 0. The first kappa shape index (κ1) is 18.6. The van der Waals surface area contributed by atoms with Crippen LogP contribution in [0.1, 0.15) is 20.8 Å². The Bertz CT molecular complexity index is 667. The fraction of sp³-hybridized carbons (Fsp3) is 0.350. The number of amides is 1. The Morgan fingerprint density at radius 3 is 2.32 bits per heavy atom. The molecule has 2 rings (SSSR count). The molecule has 0 aliphatic carbocycles. The van der Waals surface area contributed by atoms with Crippen molar-refractivity contribution in [1.82, 2.24) is 0 Å². The molecule has 5 nitrogen and oxygen atoms in total. The minimum Gasteiger partial charge on any atom is -0.492 e. The number of nitrogens with zero attached hydrogens (tertiary/aromatic N) is 1. The second kappa shape index (κ2) is 9.57. The highest BCUT2D eigenvalue weighted by molar-refractivity contribution is 5.95. The van der Waals surface area contributed by atoms with E-state index >= 15 is 0 Å². The maximum absolute atomic E-state index is 12.2. The molecule has 134 valence electrons. The number of para-hydroxylation sites is 2. The van der Waals surface area contributed by atoms with E-state index in [2.05, 4.69) is 41.5 Å². The Kier molecular flexibility index (Phi) is 7.14. The third-order valence-electron chi connectivity index (χ3n) is 3.91. The summed E-state index contributed by atoms with van der Waals surface area (Å²) in [6.45, 7) is 8.91. The molecule has 5 heteroatoms. The predicted octanol–water partition coefficient (Wildman–Crippen LogP) is 3.98. The first-order chi connectivity index (χ1) is 12.2. The summed E-state index contributed by atoms with van der Waals surface area (Å²) in [5, 5.41) is 6.03. The minimum atomic E-state index is -0.111. The van der Waals surface area contributed by atoms with Crippen LogP contribution in [0.25, 0.3) is 0 Å². The van der Waals surface area contributed by atoms with Crippen molar-refractivity contribution in [3.63, 3.8) is 0 Å². The average Bonchev–Trinajstić information content (AvgIpc) is 2.64. The van der Waals surface area contributed by atoms with Crippen molar-refractivity contribution in [3.05, 3.63) is 48.5 Å². The number of nitrogens with one attached hydrogen (secondary N) is 2. The van der Waals surface area contributed by atoms with Gasteiger partial charge in [0.15, 0.2) is 0 Å². The van der Waals surface area contributed by atoms with E-state index in [4.69, 9.17) is 4.74 Å². The Balaban J connectivity index is 1.90. The number of ether oxygens (including phenoxy) is 1. The molecule has 0 spiro atoms. The van der Waals surface area contributed by atoms with E-state index < -0.39 is 0 Å². The largest absolute Gasteiger partial charge is 0.492 e. The van der Waals surface area contributed by atoms with Gasteiger partial charge in [-0.1, -0.05) is 12.1 Å². The summed E-state index contributed by atoms with van der Waals surface area (Å²) in [6, 6.07) is 15.6. The first-order valence-corrected chi connectivity index (χ1v) is 8.78. The topological polar surface area (TPSA) is 53.6 Å². The highest BCUT2D eigenvalue weighted by atomic mass is 16.5. The molecule has 0 fully saturated rings. The molecule has 0 aromatic heterocycles. The van der Waals surface area contributed by atoms with E-state index in [1.807, 2.05) is 43.3 Å². The maximum Gasteiger partial charge on any atom is 0.243 e. The van der Waals surface area contributed by atoms with Crippen LogP contribution < -0.4 is 20.3 Å². The monoisotopic (exact) mass is 341 g/mol. The summed E-state index contributed by atoms with van der Waals surface area (Å²) in [7, 11) is 0. The van der Waals surface area contributed by atoms with Crippen LogP contribution in [-0.4, -0.2) is 32.1 Å². The SMILES string of the molecule is CCOc1ccccc1NC(=O)CNc1ccc(N(CC)CC)cc1. The summed E-state index contributed by atoms with van der Waals surface area (Å²) < 4.78 is 5.52. The number of carbonyl (C=O) groups excluding carboxylic acids is 1. The van der Waals surface area contributed by atoms with Crippen molar-refractivity contribution < 1.29 is 9.53 Å². The van der Waals surface area contributed by atoms with Crippen molar-refractivity contribution in [1.29, 1.82) is 0 Å². The van der Waals surface area contributed by atoms with E-state index in [1.54, 1.807) is 0 Å². The number of carbonyl (C=O) groups is 1. The van der Waals surface area contributed by atoms with E-state index in [-0.39, 0.29) is 12.5 Å². The van der Waals surface area contributed by atoms with Gasteiger partial charge >= 0.3 is 0 Å². The quantitative estimate of drug-likeness (QED) is 0.724. The molecule has 0 saturated carbocycles. The molecule has 0 heterocycles. The van der Waals surface area contributed by atoms with Gasteiger partial charge in [0.2, 0.25) is 5.91 Å². The molecule has 0 saturated heterocycles. The zero-order valence-electron chi connectivity index (χ0n) is 15.2. The zero-order chi connectivity index (χ0) is 18.1. The fourth-order valence-corrected chi connectivity index (χ4v) is 2.61. The lowest BCUT2D eigenvalue weighted by atomic mass is 10.2. The number of hydrogen-bond acceptors (Lipinski definition) is 4. The van der Waals surface area contributed by atoms with Gasteiger partial charge in [0, 0.05) is 24.5 Å². The van der Waals surface area contributed by atoms with E-state index in [0.29, 0.717) is 18.0 Å². The Morgan fingerprint density at radius 2 is 1.68 bits per heavy atom. The fourth-order valence-electron chi connectivity index (χ4n) is 2.61. The maximum atomic E-state index is 12.2. The summed E-state index contributed by atoms with van der Waals surface area (Å²) in [5.41, 5.74) is 2.79. The predicted molar refractivity (Wildman–Crippen MR) is 105 cm³/mol. The van der Waals surface area contributed by atoms with Crippen LogP contribution in [0.4, 0.5) is 17.1 Å². The van der Waals surface area contributed by atoms with Gasteiger partial charge in [0.25, 0.3) is 0 Å². The van der Waals surface area contributed by atoms with Crippen LogP contribution in [-0.2, 0) is 4.79 Å². The smallest absolute Gasteiger partial charge is 0.243 e. The minimum absolute atomic E-state index is 0.111. The third-order valence-corrected chi connectivity index (χ3v) is 3.91. The lowest BCUT2D eigenvalue weighted by Gasteiger charge is -2.21. The molecule has 0 radical (unpaired) electrons. The molecule has 2 N–H and O–H groups in total. The number of hydrogen-bond donors (Lipinski definition) is 2. The van der Waals surface area contributed by atoms with Gasteiger partial charge in [0.05, 0.1) is 18.8 Å². The molecule has 25 heavy (non-hydrogen) atoms. The number of benzene rings is 2. The van der Waals surface area contributed by atoms with Gasteiger partial charge in [-0.2, -0.15) is 0 Å². The highest BCUT2D eigenvalue weighted by Crippen LogP contribution is 2.23. The van der Waals surface area contributed by atoms with E-state index in [9.17, 15) is 4.79 Å². The van der Waals surface area contributed by atoms with Gasteiger partial charge in [-0.25, -0.2) is 0 Å². The van der Waals surface area contributed by atoms with E-state index in [0.717, 1.165) is 18.8 Å².